The number of thiazole rings is 1. The molecule has 0 amide bonds. The molecule has 0 aromatic carbocycles. The van der Waals surface area contributed by atoms with Crippen LogP contribution in [0.25, 0.3) is 0 Å². The maximum Gasteiger partial charge on any atom is 0.0900 e. The zero-order chi connectivity index (χ0) is 12.4. The van der Waals surface area contributed by atoms with Gasteiger partial charge in [0.1, 0.15) is 0 Å². The molecule has 4 heteroatoms. The van der Waals surface area contributed by atoms with Crippen LogP contribution >= 0.6 is 22.7 Å². The van der Waals surface area contributed by atoms with Gasteiger partial charge in [-0.1, -0.05) is 0 Å². The van der Waals surface area contributed by atoms with Gasteiger partial charge in [0, 0.05) is 22.3 Å². The second-order valence-corrected chi connectivity index (χ2v) is 6.55. The van der Waals surface area contributed by atoms with Crippen LogP contribution in [0.15, 0.2) is 11.4 Å². The quantitative estimate of drug-likeness (QED) is 0.905. The Kier molecular flexibility index (Phi) is 3.97. The third-order valence-electron chi connectivity index (χ3n) is 2.86. The summed E-state index contributed by atoms with van der Waals surface area (Å²) >= 11 is 3.62. The summed E-state index contributed by atoms with van der Waals surface area (Å²) < 4.78 is 0. The van der Waals surface area contributed by atoms with E-state index in [2.05, 4.69) is 49.4 Å². The van der Waals surface area contributed by atoms with Crippen molar-refractivity contribution in [1.29, 1.82) is 0 Å². The Hall–Kier alpha value is -0.710. The Morgan fingerprint density at radius 1 is 1.35 bits per heavy atom. The van der Waals surface area contributed by atoms with Crippen molar-refractivity contribution in [3.8, 4) is 0 Å². The lowest BCUT2D eigenvalue weighted by Crippen LogP contribution is -2.17. The zero-order valence-electron chi connectivity index (χ0n) is 10.7. The van der Waals surface area contributed by atoms with Crippen LogP contribution in [-0.2, 0) is 6.54 Å². The minimum absolute atomic E-state index is 0.414. The lowest BCUT2D eigenvalue weighted by molar-refractivity contribution is 0.583. The third-order valence-corrected chi connectivity index (χ3v) is 5.14. The molecule has 0 aliphatic rings. The molecule has 1 atom stereocenters. The number of rotatable bonds is 4. The van der Waals surface area contributed by atoms with Crippen molar-refractivity contribution in [1.82, 2.24) is 10.3 Å². The van der Waals surface area contributed by atoms with Gasteiger partial charge in [-0.25, -0.2) is 4.98 Å². The Balaban J connectivity index is 1.99. The minimum atomic E-state index is 0.414. The Morgan fingerprint density at radius 3 is 2.65 bits per heavy atom. The fourth-order valence-electron chi connectivity index (χ4n) is 1.90. The topological polar surface area (TPSA) is 24.9 Å². The molecule has 0 radical (unpaired) electrons. The highest BCUT2D eigenvalue weighted by atomic mass is 32.1. The number of hydrogen-bond acceptors (Lipinski definition) is 4. The SMILES string of the molecule is Cc1nc(C)c(CNC(C)c2sccc2C)s1. The van der Waals surface area contributed by atoms with Gasteiger partial charge in [0.2, 0.25) is 0 Å². The van der Waals surface area contributed by atoms with Crippen LogP contribution in [0.1, 0.15) is 39.0 Å². The Bertz CT molecular complexity index is 499. The summed E-state index contributed by atoms with van der Waals surface area (Å²) in [5.74, 6) is 0. The van der Waals surface area contributed by atoms with Gasteiger partial charge in [-0.05, 0) is 44.7 Å². The summed E-state index contributed by atoms with van der Waals surface area (Å²) in [7, 11) is 0. The van der Waals surface area contributed by atoms with Gasteiger partial charge < -0.3 is 5.32 Å². The summed E-state index contributed by atoms with van der Waals surface area (Å²) in [4.78, 5) is 7.24. The van der Waals surface area contributed by atoms with E-state index in [4.69, 9.17) is 0 Å². The second-order valence-electron chi connectivity index (χ2n) is 4.31. The average Bonchev–Trinajstić information content (AvgIpc) is 2.81. The largest absolute Gasteiger partial charge is 0.304 e. The van der Waals surface area contributed by atoms with Crippen LogP contribution in [0.5, 0.6) is 0 Å². The van der Waals surface area contributed by atoms with Crippen LogP contribution in [0.3, 0.4) is 0 Å². The molecule has 2 rings (SSSR count). The summed E-state index contributed by atoms with van der Waals surface area (Å²) in [5.41, 5.74) is 2.54. The van der Waals surface area contributed by atoms with E-state index in [1.54, 1.807) is 11.3 Å². The number of aryl methyl sites for hydroxylation is 3. The van der Waals surface area contributed by atoms with Crippen molar-refractivity contribution in [2.75, 3.05) is 0 Å². The first-order valence-electron chi connectivity index (χ1n) is 5.78. The summed E-state index contributed by atoms with van der Waals surface area (Å²) in [6.45, 7) is 9.46. The molecule has 0 spiro atoms. The fraction of sp³-hybridized carbons (Fsp3) is 0.462. The van der Waals surface area contributed by atoms with Crippen molar-refractivity contribution in [3.63, 3.8) is 0 Å². The average molecular weight is 266 g/mol. The molecule has 0 bridgehead atoms. The smallest absolute Gasteiger partial charge is 0.0900 e. The van der Waals surface area contributed by atoms with Gasteiger partial charge in [-0.3, -0.25) is 0 Å². The van der Waals surface area contributed by atoms with Crippen LogP contribution < -0.4 is 5.32 Å². The zero-order valence-corrected chi connectivity index (χ0v) is 12.3. The molecule has 2 heterocycles. The third kappa shape index (κ3) is 2.94. The first kappa shape index (κ1) is 12.7. The molecule has 0 fully saturated rings. The molecule has 2 aromatic heterocycles. The van der Waals surface area contributed by atoms with E-state index >= 15 is 0 Å². The molecular formula is C13H18N2S2. The minimum Gasteiger partial charge on any atom is -0.304 e. The summed E-state index contributed by atoms with van der Waals surface area (Å²) in [6.07, 6.45) is 0. The van der Waals surface area contributed by atoms with Gasteiger partial charge in [-0.2, -0.15) is 0 Å². The van der Waals surface area contributed by atoms with Crippen LogP contribution in [0, 0.1) is 20.8 Å². The normalized spacial score (nSPS) is 12.9. The van der Waals surface area contributed by atoms with Gasteiger partial charge in [0.15, 0.2) is 0 Å². The van der Waals surface area contributed by atoms with Crippen molar-refractivity contribution < 1.29 is 0 Å². The standard InChI is InChI=1S/C13H18N2S2/c1-8-5-6-16-13(8)10(3)14-7-12-9(2)15-11(4)17-12/h5-6,10,14H,7H2,1-4H3. The molecule has 92 valence electrons. The Labute approximate surface area is 111 Å². The molecule has 2 nitrogen and oxygen atoms in total. The predicted octanol–water partition coefficient (Wildman–Crippen LogP) is 3.98. The number of aromatic nitrogens is 1. The maximum atomic E-state index is 4.45. The first-order chi connectivity index (χ1) is 8.08. The van der Waals surface area contributed by atoms with Crippen LogP contribution in [-0.4, -0.2) is 4.98 Å². The number of nitrogens with zero attached hydrogens (tertiary/aromatic N) is 1. The van der Waals surface area contributed by atoms with E-state index in [0.717, 1.165) is 17.2 Å². The van der Waals surface area contributed by atoms with Gasteiger partial charge in [-0.15, -0.1) is 22.7 Å². The molecule has 0 saturated heterocycles. The highest BCUT2D eigenvalue weighted by molar-refractivity contribution is 7.11. The van der Waals surface area contributed by atoms with E-state index < -0.39 is 0 Å². The van der Waals surface area contributed by atoms with Gasteiger partial charge >= 0.3 is 0 Å². The number of thiophene rings is 1. The highest BCUT2D eigenvalue weighted by Crippen LogP contribution is 2.24. The molecule has 17 heavy (non-hydrogen) atoms. The van der Waals surface area contributed by atoms with E-state index in [1.165, 1.54) is 15.3 Å². The highest BCUT2D eigenvalue weighted by Gasteiger charge is 2.11. The van der Waals surface area contributed by atoms with E-state index in [-0.39, 0.29) is 0 Å². The maximum absolute atomic E-state index is 4.45. The monoisotopic (exact) mass is 266 g/mol. The lowest BCUT2D eigenvalue weighted by Gasteiger charge is -2.12. The molecule has 1 unspecified atom stereocenters. The first-order valence-corrected chi connectivity index (χ1v) is 7.48. The molecular weight excluding hydrogens is 248 g/mol. The molecule has 0 saturated carbocycles. The van der Waals surface area contributed by atoms with E-state index in [1.807, 2.05) is 11.3 Å². The Morgan fingerprint density at radius 2 is 2.12 bits per heavy atom. The number of hydrogen-bond donors (Lipinski definition) is 1. The van der Waals surface area contributed by atoms with Crippen molar-refractivity contribution in [3.05, 3.63) is 37.5 Å². The molecule has 0 aliphatic heterocycles. The predicted molar refractivity (Wildman–Crippen MR) is 75.9 cm³/mol. The van der Waals surface area contributed by atoms with Crippen molar-refractivity contribution in [2.45, 2.75) is 40.3 Å². The lowest BCUT2D eigenvalue weighted by atomic mass is 10.2. The van der Waals surface area contributed by atoms with Crippen LogP contribution in [0.2, 0.25) is 0 Å². The van der Waals surface area contributed by atoms with Crippen molar-refractivity contribution in [2.24, 2.45) is 0 Å². The van der Waals surface area contributed by atoms with E-state index in [9.17, 15) is 0 Å². The second kappa shape index (κ2) is 5.29. The van der Waals surface area contributed by atoms with Crippen LogP contribution in [0.4, 0.5) is 0 Å². The van der Waals surface area contributed by atoms with Gasteiger partial charge in [0.05, 0.1) is 10.7 Å². The summed E-state index contributed by atoms with van der Waals surface area (Å²) in [5, 5.41) is 6.89. The molecule has 1 N–H and O–H groups in total. The van der Waals surface area contributed by atoms with Crippen molar-refractivity contribution >= 4 is 22.7 Å². The number of nitrogens with one attached hydrogen (secondary N) is 1. The molecule has 0 aliphatic carbocycles. The summed E-state index contributed by atoms with van der Waals surface area (Å²) in [6, 6.07) is 2.59. The molecule has 2 aromatic rings. The van der Waals surface area contributed by atoms with Gasteiger partial charge in [0.25, 0.3) is 0 Å². The van der Waals surface area contributed by atoms with E-state index in [0.29, 0.717) is 6.04 Å². The fourth-order valence-corrected chi connectivity index (χ4v) is 3.75.